The Labute approximate surface area is 70.2 Å². The lowest BCUT2D eigenvalue weighted by atomic mass is 10.2. The van der Waals surface area contributed by atoms with Gasteiger partial charge in [0, 0.05) is 12.1 Å². The first-order valence-electron chi connectivity index (χ1n) is 4.08. The van der Waals surface area contributed by atoms with E-state index in [1.807, 2.05) is 12.1 Å². The Morgan fingerprint density at radius 3 is 2.83 bits per heavy atom. The van der Waals surface area contributed by atoms with E-state index in [9.17, 15) is 4.79 Å². The van der Waals surface area contributed by atoms with E-state index in [2.05, 4.69) is 6.08 Å². The Hall–Kier alpha value is -1.31. The molecule has 0 radical (unpaired) electrons. The third-order valence-corrected chi connectivity index (χ3v) is 2.00. The Bertz CT molecular complexity index is 390. The van der Waals surface area contributed by atoms with E-state index < -0.39 is 0 Å². The molecule has 0 aromatic carbocycles. The molecule has 1 aliphatic rings. The van der Waals surface area contributed by atoms with Crippen LogP contribution in [0.5, 0.6) is 0 Å². The number of hydrogen-bond acceptors (Lipinski definition) is 2. The molecule has 1 heterocycles. The summed E-state index contributed by atoms with van der Waals surface area (Å²) in [5.41, 5.74) is 0.853. The van der Waals surface area contributed by atoms with Crippen molar-refractivity contribution in [2.75, 3.05) is 0 Å². The highest BCUT2D eigenvalue weighted by molar-refractivity contribution is 5.91. The van der Waals surface area contributed by atoms with Crippen molar-refractivity contribution in [1.82, 2.24) is 0 Å². The Morgan fingerprint density at radius 1 is 1.42 bits per heavy atom. The number of fused-ring (bicyclic) bond motifs is 1. The maximum Gasteiger partial charge on any atom is 0.194 e. The van der Waals surface area contributed by atoms with Gasteiger partial charge in [0.25, 0.3) is 0 Å². The summed E-state index contributed by atoms with van der Waals surface area (Å²) >= 11 is 0. The van der Waals surface area contributed by atoms with Gasteiger partial charge in [0.1, 0.15) is 5.42 Å². The summed E-state index contributed by atoms with van der Waals surface area (Å²) in [7, 11) is 0. The van der Waals surface area contributed by atoms with Crippen molar-refractivity contribution in [1.29, 1.82) is 0 Å². The van der Waals surface area contributed by atoms with Crippen LogP contribution in [0, 0.1) is 0 Å². The second-order valence-corrected chi connectivity index (χ2v) is 2.97. The summed E-state index contributed by atoms with van der Waals surface area (Å²) in [4.78, 5) is 10.9. The van der Waals surface area contributed by atoms with Crippen LogP contribution in [0.25, 0.3) is 12.2 Å². The lowest BCUT2D eigenvalue weighted by molar-refractivity contribution is 0.0985. The molecule has 0 aliphatic heterocycles. The first-order valence-corrected chi connectivity index (χ1v) is 4.08. The smallest absolute Gasteiger partial charge is 0.194 e. The zero-order valence-electron chi connectivity index (χ0n) is 6.96. The van der Waals surface area contributed by atoms with Crippen molar-refractivity contribution in [2.45, 2.75) is 19.8 Å². The second kappa shape index (κ2) is 2.63. The average molecular weight is 162 g/mol. The SMILES string of the molecule is CC(=O)c1cc2c(o1)=CCCC=2. The zero-order chi connectivity index (χ0) is 8.55. The van der Waals surface area contributed by atoms with Crippen LogP contribution in [0.2, 0.25) is 0 Å². The number of hydrogen-bond donors (Lipinski definition) is 0. The number of carbonyl (C=O) groups excluding carboxylic acids is 1. The Balaban J connectivity index is 2.68. The highest BCUT2D eigenvalue weighted by atomic mass is 16.3. The van der Waals surface area contributed by atoms with E-state index in [0.29, 0.717) is 5.76 Å². The van der Waals surface area contributed by atoms with E-state index in [1.54, 1.807) is 0 Å². The van der Waals surface area contributed by atoms with Crippen LogP contribution in [-0.4, -0.2) is 5.78 Å². The fraction of sp³-hybridized carbons (Fsp3) is 0.300. The summed E-state index contributed by atoms with van der Waals surface area (Å²) in [6.45, 7) is 1.52. The van der Waals surface area contributed by atoms with Gasteiger partial charge in [-0.3, -0.25) is 4.79 Å². The summed E-state index contributed by atoms with van der Waals surface area (Å²) in [6.07, 6.45) is 6.19. The molecule has 62 valence electrons. The molecule has 0 atom stereocenters. The highest BCUT2D eigenvalue weighted by Crippen LogP contribution is 1.99. The highest BCUT2D eigenvalue weighted by Gasteiger charge is 2.05. The first kappa shape index (κ1) is 7.35. The number of Topliss-reactive ketones (excluding diaryl/α,β-unsaturated/α-hetero) is 1. The van der Waals surface area contributed by atoms with E-state index in [0.717, 1.165) is 23.5 Å². The predicted octanol–water partition coefficient (Wildman–Crippen LogP) is 0.837. The molecule has 1 aliphatic carbocycles. The quantitative estimate of drug-likeness (QED) is 0.573. The van der Waals surface area contributed by atoms with Crippen molar-refractivity contribution in [3.05, 3.63) is 22.5 Å². The Kier molecular flexibility index (Phi) is 1.61. The molecule has 0 bridgehead atoms. The number of carbonyl (C=O) groups is 1. The minimum absolute atomic E-state index is 0.00815. The Morgan fingerprint density at radius 2 is 2.17 bits per heavy atom. The number of rotatable bonds is 1. The number of ketones is 1. The maximum absolute atomic E-state index is 10.9. The van der Waals surface area contributed by atoms with Gasteiger partial charge in [0.2, 0.25) is 0 Å². The van der Waals surface area contributed by atoms with E-state index in [1.165, 1.54) is 6.92 Å². The molecular weight excluding hydrogens is 152 g/mol. The normalized spacial score (nSPS) is 14.4. The van der Waals surface area contributed by atoms with Crippen molar-refractivity contribution in [3.8, 4) is 0 Å². The summed E-state index contributed by atoms with van der Waals surface area (Å²) < 4.78 is 5.33. The topological polar surface area (TPSA) is 30.2 Å². The molecule has 2 heteroatoms. The predicted molar refractivity (Wildman–Crippen MR) is 46.1 cm³/mol. The molecule has 12 heavy (non-hydrogen) atoms. The molecule has 0 spiro atoms. The third-order valence-electron chi connectivity index (χ3n) is 2.00. The largest absolute Gasteiger partial charge is 0.453 e. The average Bonchev–Trinajstić information content (AvgIpc) is 2.46. The molecule has 1 aromatic heterocycles. The van der Waals surface area contributed by atoms with Crippen LogP contribution in [0.3, 0.4) is 0 Å². The van der Waals surface area contributed by atoms with Crippen molar-refractivity contribution >= 4 is 17.9 Å². The van der Waals surface area contributed by atoms with Crippen molar-refractivity contribution in [2.24, 2.45) is 0 Å². The van der Waals surface area contributed by atoms with Crippen LogP contribution in [-0.2, 0) is 0 Å². The minimum atomic E-state index is -0.00815. The van der Waals surface area contributed by atoms with Crippen LogP contribution >= 0.6 is 0 Å². The minimum Gasteiger partial charge on any atom is -0.453 e. The monoisotopic (exact) mass is 162 g/mol. The molecule has 0 unspecified atom stereocenters. The zero-order valence-corrected chi connectivity index (χ0v) is 6.96. The van der Waals surface area contributed by atoms with Crippen LogP contribution in [0.4, 0.5) is 0 Å². The molecular formula is C10H10O2. The van der Waals surface area contributed by atoms with Gasteiger partial charge in [-0.1, -0.05) is 6.08 Å². The summed E-state index contributed by atoms with van der Waals surface area (Å²) in [5, 5.41) is 1.06. The standard InChI is InChI=1S/C10H10O2/c1-7(11)10-6-8-4-2-3-5-9(8)12-10/h4-6H,2-3H2,1H3. The van der Waals surface area contributed by atoms with Gasteiger partial charge < -0.3 is 4.42 Å². The molecule has 2 nitrogen and oxygen atoms in total. The molecule has 0 fully saturated rings. The first-order chi connectivity index (χ1) is 5.77. The van der Waals surface area contributed by atoms with Gasteiger partial charge >= 0.3 is 0 Å². The van der Waals surface area contributed by atoms with Gasteiger partial charge in [0.15, 0.2) is 11.5 Å². The molecule has 2 rings (SSSR count). The molecule has 0 saturated carbocycles. The molecule has 1 aromatic rings. The third kappa shape index (κ3) is 1.09. The summed E-state index contributed by atoms with van der Waals surface area (Å²) in [6, 6.07) is 1.81. The summed E-state index contributed by atoms with van der Waals surface area (Å²) in [5.74, 6) is 0.459. The second-order valence-electron chi connectivity index (χ2n) is 2.97. The maximum atomic E-state index is 10.9. The van der Waals surface area contributed by atoms with Gasteiger partial charge in [-0.15, -0.1) is 0 Å². The molecule has 0 amide bonds. The fourth-order valence-corrected chi connectivity index (χ4v) is 1.37. The van der Waals surface area contributed by atoms with Gasteiger partial charge in [0.05, 0.1) is 0 Å². The van der Waals surface area contributed by atoms with Crippen LogP contribution < -0.4 is 10.6 Å². The van der Waals surface area contributed by atoms with E-state index in [-0.39, 0.29) is 5.78 Å². The molecule has 0 N–H and O–H groups in total. The van der Waals surface area contributed by atoms with E-state index >= 15 is 0 Å². The van der Waals surface area contributed by atoms with Crippen LogP contribution in [0.1, 0.15) is 30.3 Å². The van der Waals surface area contributed by atoms with Gasteiger partial charge in [-0.05, 0) is 25.0 Å². The van der Waals surface area contributed by atoms with E-state index in [4.69, 9.17) is 4.42 Å². The van der Waals surface area contributed by atoms with Crippen LogP contribution in [0.15, 0.2) is 10.5 Å². The lowest BCUT2D eigenvalue weighted by Crippen LogP contribution is -2.21. The molecule has 0 saturated heterocycles. The van der Waals surface area contributed by atoms with Gasteiger partial charge in [-0.25, -0.2) is 0 Å². The van der Waals surface area contributed by atoms with Gasteiger partial charge in [-0.2, -0.15) is 0 Å². The number of furan rings is 1. The fourth-order valence-electron chi connectivity index (χ4n) is 1.37. The lowest BCUT2D eigenvalue weighted by Gasteiger charge is -1.90. The van der Waals surface area contributed by atoms with Crippen molar-refractivity contribution < 1.29 is 9.21 Å². The van der Waals surface area contributed by atoms with Crippen molar-refractivity contribution in [3.63, 3.8) is 0 Å².